The van der Waals surface area contributed by atoms with Crippen LogP contribution in [0.2, 0.25) is 0 Å². The molecule has 0 saturated carbocycles. The molecule has 0 bridgehead atoms. The molecule has 0 aromatic rings. The SMILES string of the molecule is C=C1C=C(C(=O)CCC2=CC3C=C(COCCO)C=CC3=C2)C=C2C=CC=CC12. The van der Waals surface area contributed by atoms with E-state index in [0.29, 0.717) is 19.6 Å². The van der Waals surface area contributed by atoms with Crippen molar-refractivity contribution in [3.05, 3.63) is 107 Å². The number of carbonyl (C=O) groups is 1. The van der Waals surface area contributed by atoms with Crippen molar-refractivity contribution in [1.29, 1.82) is 0 Å². The van der Waals surface area contributed by atoms with Gasteiger partial charge in [-0.15, -0.1) is 0 Å². The molecule has 4 rings (SSSR count). The zero-order valence-corrected chi connectivity index (χ0v) is 16.5. The molecule has 0 fully saturated rings. The van der Waals surface area contributed by atoms with E-state index in [1.807, 2.05) is 24.3 Å². The molecule has 4 aliphatic rings. The zero-order valence-electron chi connectivity index (χ0n) is 16.5. The maximum Gasteiger partial charge on any atom is 0.163 e. The van der Waals surface area contributed by atoms with Crippen molar-refractivity contribution in [3.63, 3.8) is 0 Å². The third-order valence-corrected chi connectivity index (χ3v) is 5.61. The second-order valence-corrected chi connectivity index (χ2v) is 7.73. The van der Waals surface area contributed by atoms with Crippen LogP contribution in [0.4, 0.5) is 0 Å². The summed E-state index contributed by atoms with van der Waals surface area (Å²) in [6.45, 7) is 5.05. The van der Waals surface area contributed by atoms with Crippen molar-refractivity contribution in [3.8, 4) is 0 Å². The lowest BCUT2D eigenvalue weighted by molar-refractivity contribution is -0.115. The second kappa shape index (κ2) is 8.73. The Hall–Kier alpha value is -2.75. The van der Waals surface area contributed by atoms with E-state index in [9.17, 15) is 4.79 Å². The highest BCUT2D eigenvalue weighted by Gasteiger charge is 2.23. The van der Waals surface area contributed by atoms with E-state index in [1.54, 1.807) is 0 Å². The first-order valence-electron chi connectivity index (χ1n) is 10.1. The first kappa shape index (κ1) is 19.6. The molecular weight excluding hydrogens is 360 g/mol. The smallest absolute Gasteiger partial charge is 0.163 e. The fourth-order valence-electron chi connectivity index (χ4n) is 4.09. The van der Waals surface area contributed by atoms with Crippen LogP contribution in [0.15, 0.2) is 107 Å². The summed E-state index contributed by atoms with van der Waals surface area (Å²) in [6.07, 6.45) is 24.2. The van der Waals surface area contributed by atoms with Crippen molar-refractivity contribution < 1.29 is 14.6 Å². The van der Waals surface area contributed by atoms with E-state index in [1.165, 1.54) is 11.1 Å². The molecule has 2 atom stereocenters. The van der Waals surface area contributed by atoms with Gasteiger partial charge in [0.1, 0.15) is 0 Å². The average molecular weight is 386 g/mol. The van der Waals surface area contributed by atoms with Crippen LogP contribution < -0.4 is 0 Å². The summed E-state index contributed by atoms with van der Waals surface area (Å²) < 4.78 is 5.41. The molecule has 0 radical (unpaired) electrons. The first-order valence-corrected chi connectivity index (χ1v) is 10.1. The molecule has 3 heteroatoms. The van der Waals surface area contributed by atoms with E-state index in [-0.39, 0.29) is 24.2 Å². The van der Waals surface area contributed by atoms with E-state index >= 15 is 0 Å². The Morgan fingerprint density at radius 3 is 2.76 bits per heavy atom. The lowest BCUT2D eigenvalue weighted by Crippen LogP contribution is -2.12. The summed E-state index contributed by atoms with van der Waals surface area (Å²) in [5, 5.41) is 8.82. The average Bonchev–Trinajstić information content (AvgIpc) is 3.14. The standard InChI is InChI=1S/C26H26O3/c1-18-12-24(16-22-4-2-3-5-25(18)22)26(28)9-7-19-13-21-8-6-20(15-23(21)14-19)17-29-11-10-27/h2-6,8,12-16,23,25,27H,1,7,9-11,17H2. The number of fused-ring (bicyclic) bond motifs is 2. The predicted octanol–water partition coefficient (Wildman–Crippen LogP) is 4.49. The summed E-state index contributed by atoms with van der Waals surface area (Å²) >= 11 is 0. The number of rotatable bonds is 8. The lowest BCUT2D eigenvalue weighted by atomic mass is 9.81. The molecule has 4 aliphatic carbocycles. The van der Waals surface area contributed by atoms with Gasteiger partial charge in [-0.1, -0.05) is 66.8 Å². The Labute approximate surface area is 172 Å². The number of ketones is 1. The maximum atomic E-state index is 12.8. The van der Waals surface area contributed by atoms with Gasteiger partial charge < -0.3 is 9.84 Å². The number of carbonyl (C=O) groups excluding carboxylic acids is 1. The number of ether oxygens (including phenoxy) is 1. The van der Waals surface area contributed by atoms with Crippen LogP contribution in [-0.4, -0.2) is 30.7 Å². The Morgan fingerprint density at radius 1 is 1.03 bits per heavy atom. The van der Waals surface area contributed by atoms with Crippen LogP contribution in [0.5, 0.6) is 0 Å². The molecule has 0 amide bonds. The topological polar surface area (TPSA) is 46.5 Å². The minimum absolute atomic E-state index is 0.0394. The van der Waals surface area contributed by atoms with Gasteiger partial charge in [-0.25, -0.2) is 0 Å². The summed E-state index contributed by atoms with van der Waals surface area (Å²) in [4.78, 5) is 12.8. The molecule has 1 N–H and O–H groups in total. The Bertz CT molecular complexity index is 960. The summed E-state index contributed by atoms with van der Waals surface area (Å²) in [7, 11) is 0. The zero-order chi connectivity index (χ0) is 20.2. The number of Topliss-reactive ketones (excluding diaryl/α,β-unsaturated/α-hetero) is 1. The molecule has 148 valence electrons. The number of hydrogen-bond donors (Lipinski definition) is 1. The molecule has 0 heterocycles. The van der Waals surface area contributed by atoms with Crippen molar-refractivity contribution in [2.75, 3.05) is 19.8 Å². The summed E-state index contributed by atoms with van der Waals surface area (Å²) in [5.74, 6) is 0.628. The van der Waals surface area contributed by atoms with Gasteiger partial charge in [0.25, 0.3) is 0 Å². The second-order valence-electron chi connectivity index (χ2n) is 7.73. The van der Waals surface area contributed by atoms with E-state index in [4.69, 9.17) is 9.84 Å². The number of aliphatic hydroxyl groups excluding tert-OH is 1. The summed E-state index contributed by atoms with van der Waals surface area (Å²) in [6, 6.07) is 0. The fraction of sp³-hybridized carbons (Fsp3) is 0.269. The normalized spacial score (nSPS) is 24.3. The van der Waals surface area contributed by atoms with Gasteiger partial charge in [-0.2, -0.15) is 0 Å². The number of aliphatic hydroxyl groups is 1. The number of allylic oxidation sites excluding steroid dienone is 15. The van der Waals surface area contributed by atoms with Gasteiger partial charge in [0, 0.05) is 23.8 Å². The predicted molar refractivity (Wildman–Crippen MR) is 116 cm³/mol. The largest absolute Gasteiger partial charge is 0.394 e. The van der Waals surface area contributed by atoms with Crippen molar-refractivity contribution in [1.82, 2.24) is 0 Å². The van der Waals surface area contributed by atoms with Crippen LogP contribution in [0.3, 0.4) is 0 Å². The monoisotopic (exact) mass is 386 g/mol. The molecule has 0 spiro atoms. The lowest BCUT2D eigenvalue weighted by Gasteiger charge is -2.22. The molecule has 0 aromatic carbocycles. The third-order valence-electron chi connectivity index (χ3n) is 5.61. The van der Waals surface area contributed by atoms with Crippen LogP contribution in [0, 0.1) is 11.8 Å². The van der Waals surface area contributed by atoms with Gasteiger partial charge in [-0.3, -0.25) is 4.79 Å². The Morgan fingerprint density at radius 2 is 1.90 bits per heavy atom. The van der Waals surface area contributed by atoms with Gasteiger partial charge in [-0.05, 0) is 40.9 Å². The van der Waals surface area contributed by atoms with Crippen molar-refractivity contribution in [2.24, 2.45) is 11.8 Å². The quantitative estimate of drug-likeness (QED) is 0.625. The van der Waals surface area contributed by atoms with E-state index < -0.39 is 0 Å². The minimum atomic E-state index is 0.0394. The molecule has 0 aromatic heterocycles. The van der Waals surface area contributed by atoms with Gasteiger partial charge in [0.05, 0.1) is 19.8 Å². The highest BCUT2D eigenvalue weighted by atomic mass is 16.5. The molecule has 0 saturated heterocycles. The Balaban J connectivity index is 1.36. The van der Waals surface area contributed by atoms with Crippen LogP contribution in [-0.2, 0) is 9.53 Å². The summed E-state index contributed by atoms with van der Waals surface area (Å²) in [5.41, 5.74) is 6.46. The van der Waals surface area contributed by atoms with Gasteiger partial charge in [0.2, 0.25) is 0 Å². The van der Waals surface area contributed by atoms with Crippen LogP contribution in [0.1, 0.15) is 12.8 Å². The molecule has 29 heavy (non-hydrogen) atoms. The molecule has 2 unspecified atom stereocenters. The van der Waals surface area contributed by atoms with Crippen LogP contribution in [0.25, 0.3) is 0 Å². The van der Waals surface area contributed by atoms with E-state index in [2.05, 4.69) is 49.1 Å². The molecule has 3 nitrogen and oxygen atoms in total. The maximum absolute atomic E-state index is 12.8. The molecular formula is C26H26O3. The first-order chi connectivity index (χ1) is 14.1. The van der Waals surface area contributed by atoms with Gasteiger partial charge in [0.15, 0.2) is 5.78 Å². The minimum Gasteiger partial charge on any atom is -0.394 e. The highest BCUT2D eigenvalue weighted by Crippen LogP contribution is 2.35. The fourth-order valence-corrected chi connectivity index (χ4v) is 4.09. The Kier molecular flexibility index (Phi) is 5.89. The van der Waals surface area contributed by atoms with E-state index in [0.717, 1.165) is 28.7 Å². The van der Waals surface area contributed by atoms with Crippen molar-refractivity contribution >= 4 is 5.78 Å². The molecule has 0 aliphatic heterocycles. The highest BCUT2D eigenvalue weighted by molar-refractivity contribution is 5.99. The van der Waals surface area contributed by atoms with Crippen LogP contribution >= 0.6 is 0 Å². The van der Waals surface area contributed by atoms with Crippen molar-refractivity contribution in [2.45, 2.75) is 12.8 Å². The van der Waals surface area contributed by atoms with Gasteiger partial charge >= 0.3 is 0 Å². The third kappa shape index (κ3) is 4.47. The number of hydrogen-bond acceptors (Lipinski definition) is 3.